The second-order valence-electron chi connectivity index (χ2n) is 13.8. The zero-order chi connectivity index (χ0) is 32.8. The summed E-state index contributed by atoms with van der Waals surface area (Å²) in [4.78, 5) is 0. The minimum Gasteiger partial charge on any atom is -0.458 e. The van der Waals surface area contributed by atoms with E-state index in [0.717, 1.165) is 67.1 Å². The molecule has 0 bridgehead atoms. The standard InChI is InChI=1S/C44H26BNO3S/c1-23-15-17-33-29(19-23)45-30-20-24(2)16-18-34(30)48-36-22-25(21-35(47-33)41(36)45)46-31-12-6-3-9-26(31)39-42(46)38-27-10-4-7-13-32(27)49-43(38)40-28-11-5-8-14-37(28)50-44(39)40/h3-22H,1-2H3. The van der Waals surface area contributed by atoms with E-state index in [1.807, 2.05) is 11.3 Å². The third-order valence-corrected chi connectivity index (χ3v) is 12.0. The van der Waals surface area contributed by atoms with Crippen LogP contribution in [0.15, 0.2) is 126 Å². The Bertz CT molecular complexity index is 3040. The van der Waals surface area contributed by atoms with Crippen LogP contribution in [0.25, 0.3) is 69.6 Å². The summed E-state index contributed by atoms with van der Waals surface area (Å²) in [5.74, 6) is 3.44. The molecular weight excluding hydrogens is 633 g/mol. The van der Waals surface area contributed by atoms with Gasteiger partial charge in [-0.1, -0.05) is 90.0 Å². The van der Waals surface area contributed by atoms with E-state index < -0.39 is 0 Å². The highest BCUT2D eigenvalue weighted by atomic mass is 32.1. The quantitative estimate of drug-likeness (QED) is 0.165. The molecule has 2 aliphatic heterocycles. The lowest BCUT2D eigenvalue weighted by atomic mass is 9.34. The Labute approximate surface area is 290 Å². The molecule has 0 fully saturated rings. The number of hydrogen-bond acceptors (Lipinski definition) is 4. The van der Waals surface area contributed by atoms with Gasteiger partial charge >= 0.3 is 0 Å². The van der Waals surface area contributed by atoms with E-state index in [1.165, 1.54) is 53.0 Å². The molecule has 234 valence electrons. The molecule has 0 unspecified atom stereocenters. The second-order valence-corrected chi connectivity index (χ2v) is 14.8. The number of furan rings is 1. The molecule has 2 aliphatic rings. The van der Waals surface area contributed by atoms with E-state index in [0.29, 0.717) is 0 Å². The summed E-state index contributed by atoms with van der Waals surface area (Å²) in [5, 5.41) is 7.08. The maximum absolute atomic E-state index is 6.83. The second kappa shape index (κ2) is 9.38. The fourth-order valence-electron chi connectivity index (χ4n) is 8.74. The molecule has 0 aliphatic carbocycles. The van der Waals surface area contributed by atoms with Crippen molar-refractivity contribution in [1.29, 1.82) is 0 Å². The maximum atomic E-state index is 6.83. The van der Waals surface area contributed by atoms with E-state index in [4.69, 9.17) is 13.9 Å². The first-order valence-electron chi connectivity index (χ1n) is 17.0. The monoisotopic (exact) mass is 659 g/mol. The molecule has 3 aromatic heterocycles. The first kappa shape index (κ1) is 26.9. The van der Waals surface area contributed by atoms with E-state index in [2.05, 4.69) is 140 Å². The summed E-state index contributed by atoms with van der Waals surface area (Å²) in [7, 11) is 0. The molecule has 5 heterocycles. The SMILES string of the molecule is Cc1ccc2c(c1)B1c3cc(C)ccc3Oc3cc(-n4c5ccccc5c5c6sc7ccccc7c6c6oc7ccccc7c6c54)cc(c31)O2. The average molecular weight is 660 g/mol. The molecule has 10 aromatic rings. The van der Waals surface area contributed by atoms with Gasteiger partial charge in [-0.25, -0.2) is 0 Å². The number of rotatable bonds is 1. The van der Waals surface area contributed by atoms with Gasteiger partial charge in [0.15, 0.2) is 0 Å². The molecule has 4 nitrogen and oxygen atoms in total. The van der Waals surface area contributed by atoms with Gasteiger partial charge in [-0.3, -0.25) is 0 Å². The summed E-state index contributed by atoms with van der Waals surface area (Å²) < 4.78 is 25.4. The highest BCUT2D eigenvalue weighted by Crippen LogP contribution is 2.51. The lowest BCUT2D eigenvalue weighted by Gasteiger charge is -2.33. The summed E-state index contributed by atoms with van der Waals surface area (Å²) in [6, 6.07) is 43.4. The van der Waals surface area contributed by atoms with Crippen molar-refractivity contribution >= 4 is 98.4 Å². The number of hydrogen-bond donors (Lipinski definition) is 0. The highest BCUT2D eigenvalue weighted by molar-refractivity contribution is 7.27. The molecule has 0 saturated carbocycles. The average Bonchev–Trinajstić information content (AvgIpc) is 3.81. The van der Waals surface area contributed by atoms with Crippen molar-refractivity contribution in [2.24, 2.45) is 0 Å². The summed E-state index contributed by atoms with van der Waals surface area (Å²) in [5.41, 5.74) is 10.9. The molecule has 0 spiro atoms. The van der Waals surface area contributed by atoms with Crippen LogP contribution in [0, 0.1) is 13.8 Å². The number of nitrogens with zero attached hydrogens (tertiary/aromatic N) is 1. The molecular formula is C44H26BNO3S. The Kier molecular flexibility index (Phi) is 5.05. The van der Waals surface area contributed by atoms with Gasteiger partial charge in [0.25, 0.3) is 6.71 Å². The van der Waals surface area contributed by atoms with Crippen LogP contribution in [0.4, 0.5) is 0 Å². The van der Waals surface area contributed by atoms with Crippen LogP contribution in [0.5, 0.6) is 23.0 Å². The highest BCUT2D eigenvalue weighted by Gasteiger charge is 2.41. The predicted molar refractivity (Wildman–Crippen MR) is 208 cm³/mol. The molecule has 0 N–H and O–H groups in total. The van der Waals surface area contributed by atoms with Crippen LogP contribution in [0.3, 0.4) is 0 Å². The number of benzene rings is 7. The fourth-order valence-corrected chi connectivity index (χ4v) is 10.00. The van der Waals surface area contributed by atoms with Crippen molar-refractivity contribution < 1.29 is 13.9 Å². The van der Waals surface area contributed by atoms with Gasteiger partial charge in [-0.2, -0.15) is 0 Å². The van der Waals surface area contributed by atoms with Crippen LogP contribution in [-0.4, -0.2) is 11.3 Å². The minimum atomic E-state index is 0.0159. The Morgan fingerprint density at radius 3 is 1.96 bits per heavy atom. The Morgan fingerprint density at radius 1 is 0.580 bits per heavy atom. The van der Waals surface area contributed by atoms with Gasteiger partial charge in [-0.15, -0.1) is 11.3 Å². The smallest absolute Gasteiger partial charge is 0.260 e. The van der Waals surface area contributed by atoms with Gasteiger partial charge in [0.05, 0.1) is 22.1 Å². The lowest BCUT2D eigenvalue weighted by molar-refractivity contribution is 0.464. The van der Waals surface area contributed by atoms with Gasteiger partial charge in [0, 0.05) is 53.9 Å². The van der Waals surface area contributed by atoms with E-state index in [9.17, 15) is 0 Å². The third kappa shape index (κ3) is 3.36. The zero-order valence-electron chi connectivity index (χ0n) is 27.2. The number of aromatic nitrogens is 1. The largest absolute Gasteiger partial charge is 0.458 e. The van der Waals surface area contributed by atoms with E-state index in [-0.39, 0.29) is 6.71 Å². The molecule has 7 aromatic carbocycles. The van der Waals surface area contributed by atoms with Crippen molar-refractivity contribution in [3.05, 3.63) is 132 Å². The van der Waals surface area contributed by atoms with Crippen molar-refractivity contribution in [2.45, 2.75) is 13.8 Å². The topological polar surface area (TPSA) is 36.5 Å². The van der Waals surface area contributed by atoms with Gasteiger partial charge in [0.1, 0.15) is 34.2 Å². The number of ether oxygens (including phenoxy) is 2. The normalized spacial score (nSPS) is 13.3. The van der Waals surface area contributed by atoms with Crippen LogP contribution in [0.2, 0.25) is 0 Å². The van der Waals surface area contributed by atoms with Crippen LogP contribution >= 0.6 is 11.3 Å². The number of thiophene rings is 1. The Balaban J connectivity index is 1.25. The van der Waals surface area contributed by atoms with Crippen LogP contribution in [0.1, 0.15) is 11.1 Å². The Hall–Kier alpha value is -5.98. The van der Waals surface area contributed by atoms with Crippen molar-refractivity contribution in [3.63, 3.8) is 0 Å². The predicted octanol–water partition coefficient (Wildman–Crippen LogP) is 10.4. The number of para-hydroxylation sites is 2. The third-order valence-electron chi connectivity index (χ3n) is 10.8. The maximum Gasteiger partial charge on any atom is 0.260 e. The number of fused-ring (bicyclic) bond motifs is 16. The molecule has 50 heavy (non-hydrogen) atoms. The van der Waals surface area contributed by atoms with Crippen molar-refractivity contribution in [3.8, 4) is 28.7 Å². The molecule has 0 radical (unpaired) electrons. The van der Waals surface area contributed by atoms with Gasteiger partial charge in [-0.05, 0) is 55.1 Å². The van der Waals surface area contributed by atoms with Crippen LogP contribution < -0.4 is 25.9 Å². The van der Waals surface area contributed by atoms with Crippen LogP contribution in [-0.2, 0) is 0 Å². The molecule has 6 heteroatoms. The molecule has 12 rings (SSSR count). The summed E-state index contributed by atoms with van der Waals surface area (Å²) in [6.07, 6.45) is 0. The van der Waals surface area contributed by atoms with Gasteiger partial charge in [0.2, 0.25) is 0 Å². The molecule has 0 saturated heterocycles. The summed E-state index contributed by atoms with van der Waals surface area (Å²) >= 11 is 1.84. The summed E-state index contributed by atoms with van der Waals surface area (Å²) in [6.45, 7) is 4.31. The van der Waals surface area contributed by atoms with E-state index in [1.54, 1.807) is 0 Å². The molecule has 0 amide bonds. The van der Waals surface area contributed by atoms with Crippen molar-refractivity contribution in [2.75, 3.05) is 0 Å². The first-order valence-corrected chi connectivity index (χ1v) is 17.8. The van der Waals surface area contributed by atoms with Gasteiger partial charge < -0.3 is 18.5 Å². The lowest BCUT2D eigenvalue weighted by Crippen LogP contribution is -2.57. The van der Waals surface area contributed by atoms with E-state index >= 15 is 0 Å². The Morgan fingerprint density at radius 2 is 1.22 bits per heavy atom. The minimum absolute atomic E-state index is 0.0159. The molecule has 0 atom stereocenters. The number of aryl methyl sites for hydroxylation is 2. The zero-order valence-corrected chi connectivity index (χ0v) is 28.0. The fraction of sp³-hybridized carbons (Fsp3) is 0.0455. The first-order chi connectivity index (χ1) is 24.6. The van der Waals surface area contributed by atoms with Crippen molar-refractivity contribution in [1.82, 2.24) is 4.57 Å².